The molecular weight excluding hydrogens is 428 g/mol. The number of carbonyl (C=O) groups excluding carboxylic acids is 4. The molecule has 0 spiro atoms. The van der Waals surface area contributed by atoms with Crippen LogP contribution in [0.1, 0.15) is 37.0 Å². The molecule has 3 rings (SSSR count). The lowest BCUT2D eigenvalue weighted by Crippen LogP contribution is -2.37. The summed E-state index contributed by atoms with van der Waals surface area (Å²) in [5.41, 5.74) is 0.361. The number of anilines is 1. The zero-order valence-electron chi connectivity index (χ0n) is 18.8. The summed E-state index contributed by atoms with van der Waals surface area (Å²) in [6, 6.07) is 10.1. The molecular formula is C24H26N2O7. The summed E-state index contributed by atoms with van der Waals surface area (Å²) in [5.74, 6) is -1.51. The fourth-order valence-corrected chi connectivity index (χ4v) is 3.27. The number of Topliss-reactive ketones (excluding diaryl/α,β-unsaturated/α-hetero) is 1. The van der Waals surface area contributed by atoms with E-state index in [1.807, 2.05) is 13.8 Å². The van der Waals surface area contributed by atoms with Crippen molar-refractivity contribution in [2.24, 2.45) is 0 Å². The first-order chi connectivity index (χ1) is 15.9. The van der Waals surface area contributed by atoms with Gasteiger partial charge in [0.1, 0.15) is 5.75 Å². The first-order valence-electron chi connectivity index (χ1n) is 10.7. The Balaban J connectivity index is 1.86. The Morgan fingerprint density at radius 1 is 0.848 bits per heavy atom. The van der Waals surface area contributed by atoms with Crippen LogP contribution < -0.4 is 19.1 Å². The Kier molecular flexibility index (Phi) is 7.66. The molecule has 9 heteroatoms. The van der Waals surface area contributed by atoms with E-state index in [0.717, 1.165) is 17.7 Å². The van der Waals surface area contributed by atoms with Crippen LogP contribution in [0.5, 0.6) is 17.2 Å². The second kappa shape index (κ2) is 10.6. The number of amides is 4. The number of ether oxygens (including phenoxy) is 3. The molecule has 1 heterocycles. The van der Waals surface area contributed by atoms with Gasteiger partial charge < -0.3 is 14.2 Å². The zero-order valence-corrected chi connectivity index (χ0v) is 18.8. The van der Waals surface area contributed by atoms with Crippen LogP contribution in [-0.2, 0) is 9.59 Å². The average molecular weight is 454 g/mol. The topological polar surface area (TPSA) is 102 Å². The van der Waals surface area contributed by atoms with Crippen LogP contribution in [0.3, 0.4) is 0 Å². The van der Waals surface area contributed by atoms with Gasteiger partial charge in [0.05, 0.1) is 38.1 Å². The van der Waals surface area contributed by atoms with Crippen molar-refractivity contribution in [2.45, 2.75) is 26.7 Å². The van der Waals surface area contributed by atoms with Crippen molar-refractivity contribution in [3.63, 3.8) is 0 Å². The van der Waals surface area contributed by atoms with Crippen molar-refractivity contribution in [2.75, 3.05) is 31.8 Å². The lowest BCUT2D eigenvalue weighted by molar-refractivity contribution is -0.139. The van der Waals surface area contributed by atoms with Gasteiger partial charge in [-0.3, -0.25) is 14.4 Å². The standard InChI is InChI=1S/C24H26N2O7/c1-4-12-32-20-11-10-16(14-21(20)33-13-5-2)26-23(29)22(28)25(24(26)30)15-18(27)17-8-6-7-9-19(17)31-3/h6-11,14H,4-5,12-13,15H2,1-3H3. The normalized spacial score (nSPS) is 13.5. The first-order valence-corrected chi connectivity index (χ1v) is 10.7. The van der Waals surface area contributed by atoms with Gasteiger partial charge in [-0.25, -0.2) is 14.6 Å². The van der Waals surface area contributed by atoms with Crippen molar-refractivity contribution >= 4 is 29.3 Å². The number of carbonyl (C=O) groups is 4. The Labute approximate surface area is 191 Å². The molecule has 9 nitrogen and oxygen atoms in total. The maximum absolute atomic E-state index is 13.0. The highest BCUT2D eigenvalue weighted by molar-refractivity contribution is 6.53. The van der Waals surface area contributed by atoms with Gasteiger partial charge in [0.25, 0.3) is 0 Å². The smallest absolute Gasteiger partial charge is 0.339 e. The van der Waals surface area contributed by atoms with Gasteiger partial charge in [-0.1, -0.05) is 26.0 Å². The molecule has 2 aromatic carbocycles. The molecule has 0 radical (unpaired) electrons. The molecule has 0 saturated carbocycles. The number of benzene rings is 2. The molecule has 4 amide bonds. The van der Waals surface area contributed by atoms with Crippen molar-refractivity contribution in [3.05, 3.63) is 48.0 Å². The van der Waals surface area contributed by atoms with E-state index in [1.165, 1.54) is 25.3 Å². The Hall–Kier alpha value is -3.88. The molecule has 1 saturated heterocycles. The van der Waals surface area contributed by atoms with Crippen molar-refractivity contribution in [1.29, 1.82) is 0 Å². The summed E-state index contributed by atoms with van der Waals surface area (Å²) >= 11 is 0. The van der Waals surface area contributed by atoms with Crippen LogP contribution in [0, 0.1) is 0 Å². The minimum absolute atomic E-state index is 0.153. The van der Waals surface area contributed by atoms with Crippen molar-refractivity contribution in [1.82, 2.24) is 4.90 Å². The SMILES string of the molecule is CCCOc1ccc(N2C(=O)C(=O)N(CC(=O)c3ccccc3OC)C2=O)cc1OCCC. The second-order valence-electron chi connectivity index (χ2n) is 7.27. The summed E-state index contributed by atoms with van der Waals surface area (Å²) in [6.45, 7) is 4.21. The zero-order chi connectivity index (χ0) is 24.0. The molecule has 0 N–H and O–H groups in total. The third kappa shape index (κ3) is 4.97. The van der Waals surface area contributed by atoms with E-state index in [4.69, 9.17) is 14.2 Å². The number of hydrogen-bond donors (Lipinski definition) is 0. The number of imide groups is 2. The summed E-state index contributed by atoms with van der Waals surface area (Å²) in [4.78, 5) is 52.3. The molecule has 33 heavy (non-hydrogen) atoms. The fourth-order valence-electron chi connectivity index (χ4n) is 3.27. The van der Waals surface area contributed by atoms with Gasteiger partial charge in [-0.2, -0.15) is 0 Å². The molecule has 1 aliphatic rings. The molecule has 0 atom stereocenters. The number of nitrogens with zero attached hydrogens (tertiary/aromatic N) is 2. The van der Waals surface area contributed by atoms with Crippen LogP contribution in [0.4, 0.5) is 10.5 Å². The lowest BCUT2D eigenvalue weighted by atomic mass is 10.1. The maximum Gasteiger partial charge on any atom is 0.339 e. The number of ketones is 1. The maximum atomic E-state index is 13.0. The van der Waals surface area contributed by atoms with Crippen LogP contribution in [-0.4, -0.2) is 55.4 Å². The molecule has 1 aliphatic heterocycles. The first kappa shape index (κ1) is 23.8. The molecule has 1 fully saturated rings. The van der Waals surface area contributed by atoms with Gasteiger partial charge in [0, 0.05) is 6.07 Å². The Bertz CT molecular complexity index is 1070. The number of urea groups is 1. The van der Waals surface area contributed by atoms with Crippen LogP contribution >= 0.6 is 0 Å². The van der Waals surface area contributed by atoms with E-state index >= 15 is 0 Å². The van der Waals surface area contributed by atoms with Crippen LogP contribution in [0.25, 0.3) is 0 Å². The quantitative estimate of drug-likeness (QED) is 0.291. The summed E-state index contributed by atoms with van der Waals surface area (Å²) < 4.78 is 16.6. The summed E-state index contributed by atoms with van der Waals surface area (Å²) in [6.07, 6.45) is 1.54. The predicted molar refractivity (Wildman–Crippen MR) is 120 cm³/mol. The number of rotatable bonds is 11. The third-order valence-electron chi connectivity index (χ3n) is 4.87. The van der Waals surface area contributed by atoms with Crippen LogP contribution in [0.15, 0.2) is 42.5 Å². The van der Waals surface area contributed by atoms with Crippen LogP contribution in [0.2, 0.25) is 0 Å². The highest BCUT2D eigenvalue weighted by Crippen LogP contribution is 2.34. The van der Waals surface area contributed by atoms with E-state index in [1.54, 1.807) is 24.3 Å². The lowest BCUT2D eigenvalue weighted by Gasteiger charge is -2.18. The van der Waals surface area contributed by atoms with E-state index < -0.39 is 30.2 Å². The fraction of sp³-hybridized carbons (Fsp3) is 0.333. The van der Waals surface area contributed by atoms with Gasteiger partial charge in [0.2, 0.25) is 0 Å². The monoisotopic (exact) mass is 454 g/mol. The average Bonchev–Trinajstić information content (AvgIpc) is 3.04. The molecule has 0 bridgehead atoms. The van der Waals surface area contributed by atoms with Gasteiger partial charge in [-0.05, 0) is 37.1 Å². The number of methoxy groups -OCH3 is 1. The predicted octanol–water partition coefficient (Wildman–Crippen LogP) is 3.45. The van der Waals surface area contributed by atoms with E-state index in [0.29, 0.717) is 35.4 Å². The van der Waals surface area contributed by atoms with E-state index in [2.05, 4.69) is 0 Å². The molecule has 0 aliphatic carbocycles. The number of para-hydroxylation sites is 1. The Morgan fingerprint density at radius 3 is 2.18 bits per heavy atom. The highest BCUT2D eigenvalue weighted by atomic mass is 16.5. The van der Waals surface area contributed by atoms with Gasteiger partial charge >= 0.3 is 17.8 Å². The molecule has 0 aromatic heterocycles. The minimum atomic E-state index is -1.08. The highest BCUT2D eigenvalue weighted by Gasteiger charge is 2.46. The Morgan fingerprint density at radius 2 is 1.52 bits per heavy atom. The van der Waals surface area contributed by atoms with Gasteiger partial charge in [0.15, 0.2) is 17.3 Å². The van der Waals surface area contributed by atoms with Crippen molar-refractivity contribution < 1.29 is 33.4 Å². The van der Waals surface area contributed by atoms with E-state index in [-0.39, 0.29) is 11.3 Å². The number of hydrogen-bond acceptors (Lipinski definition) is 7. The van der Waals surface area contributed by atoms with E-state index in [9.17, 15) is 19.2 Å². The summed E-state index contributed by atoms with van der Waals surface area (Å²) in [7, 11) is 1.41. The summed E-state index contributed by atoms with van der Waals surface area (Å²) in [5, 5.41) is 0. The van der Waals surface area contributed by atoms with Gasteiger partial charge in [-0.15, -0.1) is 0 Å². The second-order valence-corrected chi connectivity index (χ2v) is 7.27. The minimum Gasteiger partial charge on any atom is -0.496 e. The largest absolute Gasteiger partial charge is 0.496 e. The molecule has 174 valence electrons. The molecule has 0 unspecified atom stereocenters. The van der Waals surface area contributed by atoms with Crippen molar-refractivity contribution in [3.8, 4) is 17.2 Å². The molecule has 2 aromatic rings. The third-order valence-corrected chi connectivity index (χ3v) is 4.87.